The summed E-state index contributed by atoms with van der Waals surface area (Å²) in [5, 5.41) is 16.8. The lowest BCUT2D eigenvalue weighted by Gasteiger charge is -2.27. The maximum atomic E-state index is 14.1. The largest absolute Gasteiger partial charge is 0.457 e. The zero-order valence-electron chi connectivity index (χ0n) is 20.1. The summed E-state index contributed by atoms with van der Waals surface area (Å²) in [4.78, 5) is 17.2. The van der Waals surface area contributed by atoms with Gasteiger partial charge in [0, 0.05) is 60.0 Å². The second-order valence-electron chi connectivity index (χ2n) is 8.68. The molecule has 1 aliphatic heterocycles. The highest BCUT2D eigenvalue weighted by molar-refractivity contribution is 6.01. The van der Waals surface area contributed by atoms with Crippen LogP contribution in [0.5, 0.6) is 11.5 Å². The van der Waals surface area contributed by atoms with Gasteiger partial charge in [-0.1, -0.05) is 6.07 Å². The molecule has 2 aromatic carbocycles. The number of nitrogens with one attached hydrogen (secondary N) is 4. The summed E-state index contributed by atoms with van der Waals surface area (Å²) in [7, 11) is 1.81. The first kappa shape index (κ1) is 24.3. The van der Waals surface area contributed by atoms with E-state index in [2.05, 4.69) is 20.9 Å². The highest BCUT2D eigenvalue weighted by Crippen LogP contribution is 2.30. The fourth-order valence-corrected chi connectivity index (χ4v) is 4.20. The van der Waals surface area contributed by atoms with E-state index in [-0.39, 0.29) is 12.5 Å². The minimum absolute atomic E-state index is 0.260. The van der Waals surface area contributed by atoms with E-state index in [9.17, 15) is 9.18 Å². The van der Waals surface area contributed by atoms with Crippen molar-refractivity contribution in [3.8, 4) is 22.8 Å². The number of benzene rings is 2. The van der Waals surface area contributed by atoms with E-state index in [1.807, 2.05) is 50.4 Å². The highest BCUT2D eigenvalue weighted by atomic mass is 19.1. The van der Waals surface area contributed by atoms with Crippen molar-refractivity contribution >= 4 is 17.3 Å². The van der Waals surface area contributed by atoms with Crippen molar-refractivity contribution < 1.29 is 13.9 Å². The Labute approximate surface area is 204 Å². The zero-order chi connectivity index (χ0) is 24.9. The molecule has 0 unspecified atom stereocenters. The summed E-state index contributed by atoms with van der Waals surface area (Å²) < 4.78 is 20.1. The van der Waals surface area contributed by atoms with Crippen LogP contribution < -0.4 is 20.7 Å². The molecule has 0 radical (unpaired) electrons. The van der Waals surface area contributed by atoms with Crippen molar-refractivity contribution in [2.45, 2.75) is 32.5 Å². The van der Waals surface area contributed by atoms with Crippen molar-refractivity contribution in [3.05, 3.63) is 71.4 Å². The van der Waals surface area contributed by atoms with Gasteiger partial charge in [0.25, 0.3) is 5.91 Å². The number of hydrogen-bond acceptors (Lipinski definition) is 6. The van der Waals surface area contributed by atoms with E-state index < -0.39 is 12.2 Å². The Kier molecular flexibility index (Phi) is 7.41. The minimum Gasteiger partial charge on any atom is -0.457 e. The number of ether oxygens (including phenoxy) is 1. The Morgan fingerprint density at radius 3 is 2.63 bits per heavy atom. The molecule has 8 heteroatoms. The molecule has 1 amide bonds. The molecule has 0 spiro atoms. The van der Waals surface area contributed by atoms with E-state index in [0.717, 1.165) is 22.4 Å². The number of rotatable bonds is 7. The molecule has 35 heavy (non-hydrogen) atoms. The molecule has 2 heterocycles. The molecular weight excluding hydrogens is 445 g/mol. The molecule has 0 aliphatic carbocycles. The molecule has 2 atom stereocenters. The Morgan fingerprint density at radius 2 is 1.91 bits per heavy atom. The summed E-state index contributed by atoms with van der Waals surface area (Å²) in [5.74, 6) is 0.997. The summed E-state index contributed by atoms with van der Waals surface area (Å²) in [6.45, 7) is 4.56. The van der Waals surface area contributed by atoms with Crippen molar-refractivity contribution in [1.29, 1.82) is 5.41 Å². The maximum Gasteiger partial charge on any atom is 0.251 e. The molecule has 7 nitrogen and oxygen atoms in total. The van der Waals surface area contributed by atoms with Crippen LogP contribution in [-0.2, 0) is 0 Å². The van der Waals surface area contributed by atoms with Gasteiger partial charge < -0.3 is 26.1 Å². The SMILES string of the molecule is CNc1cc(Oc2ccnc(-c3ccc(C(=O)N[C@H]4CCNC[C@H]4F)c(C)c3)c2)ccc1C(C)=N. The molecule has 4 N–H and O–H groups in total. The van der Waals surface area contributed by atoms with Crippen LogP contribution in [0.4, 0.5) is 10.1 Å². The fraction of sp³-hybridized carbons (Fsp3) is 0.296. The molecule has 182 valence electrons. The molecule has 3 aromatic rings. The number of aryl methyl sites for hydroxylation is 1. The van der Waals surface area contributed by atoms with Crippen LogP contribution in [-0.4, -0.2) is 49.0 Å². The van der Waals surface area contributed by atoms with Gasteiger partial charge in [-0.2, -0.15) is 0 Å². The van der Waals surface area contributed by atoms with Gasteiger partial charge in [0.15, 0.2) is 0 Å². The number of carbonyl (C=O) groups excluding carboxylic acids is 1. The van der Waals surface area contributed by atoms with Gasteiger partial charge in [0.2, 0.25) is 0 Å². The molecule has 4 rings (SSSR count). The van der Waals surface area contributed by atoms with Crippen LogP contribution >= 0.6 is 0 Å². The molecule has 1 saturated heterocycles. The van der Waals surface area contributed by atoms with E-state index in [1.54, 1.807) is 25.3 Å². The first-order chi connectivity index (χ1) is 16.9. The lowest BCUT2D eigenvalue weighted by molar-refractivity contribution is 0.0891. The number of alkyl halides is 1. The molecule has 1 fully saturated rings. The predicted molar refractivity (Wildman–Crippen MR) is 137 cm³/mol. The van der Waals surface area contributed by atoms with Crippen molar-refractivity contribution in [2.24, 2.45) is 0 Å². The molecular formula is C27H30FN5O2. The first-order valence-corrected chi connectivity index (χ1v) is 11.6. The van der Waals surface area contributed by atoms with E-state index in [0.29, 0.717) is 41.4 Å². The number of halogens is 1. The predicted octanol–water partition coefficient (Wildman–Crippen LogP) is 4.71. The van der Waals surface area contributed by atoms with Gasteiger partial charge >= 0.3 is 0 Å². The van der Waals surface area contributed by atoms with Crippen LogP contribution in [0.3, 0.4) is 0 Å². The van der Waals surface area contributed by atoms with Crippen LogP contribution in [0.1, 0.15) is 34.8 Å². The quantitative estimate of drug-likeness (QED) is 0.371. The lowest BCUT2D eigenvalue weighted by atomic mass is 10.0. The van der Waals surface area contributed by atoms with E-state index >= 15 is 0 Å². The van der Waals surface area contributed by atoms with Gasteiger partial charge in [-0.25, -0.2) is 4.39 Å². The third-order valence-corrected chi connectivity index (χ3v) is 6.12. The van der Waals surface area contributed by atoms with Gasteiger partial charge in [-0.3, -0.25) is 9.78 Å². The van der Waals surface area contributed by atoms with Crippen LogP contribution in [0, 0.1) is 12.3 Å². The first-order valence-electron chi connectivity index (χ1n) is 11.6. The average Bonchev–Trinajstić information content (AvgIpc) is 2.85. The summed E-state index contributed by atoms with van der Waals surface area (Å²) in [6, 6.07) is 14.2. The number of hydrogen-bond donors (Lipinski definition) is 4. The number of carbonyl (C=O) groups is 1. The topological polar surface area (TPSA) is 99.1 Å². The number of anilines is 1. The standard InChI is InChI=1S/C27H30FN5O2/c1-16-12-18(4-6-21(16)27(34)33-24-9-10-31-15-23(24)28)25-13-20(8-11-32-25)35-19-5-7-22(17(2)29)26(14-19)30-3/h4-8,11-14,23-24,29-31H,9-10,15H2,1-3H3,(H,33,34)/t23-,24+/m1/s1. The lowest BCUT2D eigenvalue weighted by Crippen LogP contribution is -2.50. The zero-order valence-corrected chi connectivity index (χ0v) is 20.1. The number of pyridine rings is 1. The molecule has 1 aliphatic rings. The Bertz CT molecular complexity index is 1250. The van der Waals surface area contributed by atoms with Gasteiger partial charge in [-0.05, 0) is 62.7 Å². The summed E-state index contributed by atoms with van der Waals surface area (Å²) in [6.07, 6.45) is 1.16. The van der Waals surface area contributed by atoms with Crippen molar-refractivity contribution in [2.75, 3.05) is 25.5 Å². The summed E-state index contributed by atoms with van der Waals surface area (Å²) >= 11 is 0. The van der Waals surface area contributed by atoms with Crippen molar-refractivity contribution in [1.82, 2.24) is 15.6 Å². The normalized spacial score (nSPS) is 17.5. The van der Waals surface area contributed by atoms with Gasteiger partial charge in [0.05, 0.1) is 11.7 Å². The minimum atomic E-state index is -1.09. The van der Waals surface area contributed by atoms with Gasteiger partial charge in [-0.15, -0.1) is 0 Å². The van der Waals surface area contributed by atoms with E-state index in [4.69, 9.17) is 10.1 Å². The second-order valence-corrected chi connectivity index (χ2v) is 8.68. The van der Waals surface area contributed by atoms with Gasteiger partial charge in [0.1, 0.15) is 17.7 Å². The Hall–Kier alpha value is -3.78. The Morgan fingerprint density at radius 1 is 1.14 bits per heavy atom. The average molecular weight is 476 g/mol. The number of piperidine rings is 1. The summed E-state index contributed by atoms with van der Waals surface area (Å²) in [5.41, 5.74) is 4.97. The smallest absolute Gasteiger partial charge is 0.251 e. The third-order valence-electron chi connectivity index (χ3n) is 6.12. The fourth-order valence-electron chi connectivity index (χ4n) is 4.20. The molecule has 1 aromatic heterocycles. The molecule has 0 saturated carbocycles. The molecule has 0 bridgehead atoms. The monoisotopic (exact) mass is 475 g/mol. The number of amides is 1. The van der Waals surface area contributed by atoms with E-state index in [1.165, 1.54) is 0 Å². The maximum absolute atomic E-state index is 14.1. The van der Waals surface area contributed by atoms with Crippen LogP contribution in [0.25, 0.3) is 11.3 Å². The number of aromatic nitrogens is 1. The van der Waals surface area contributed by atoms with Crippen molar-refractivity contribution in [3.63, 3.8) is 0 Å². The van der Waals surface area contributed by atoms with Crippen LogP contribution in [0.15, 0.2) is 54.7 Å². The Balaban J connectivity index is 1.51. The second kappa shape index (κ2) is 10.7. The van der Waals surface area contributed by atoms with Crippen LogP contribution in [0.2, 0.25) is 0 Å². The number of nitrogens with zero attached hydrogens (tertiary/aromatic N) is 1. The third kappa shape index (κ3) is 5.66. The highest BCUT2D eigenvalue weighted by Gasteiger charge is 2.26.